The summed E-state index contributed by atoms with van der Waals surface area (Å²) >= 11 is 1.27. The number of hydrogen-bond acceptors (Lipinski definition) is 6. The van der Waals surface area contributed by atoms with E-state index in [0.717, 1.165) is 0 Å². The van der Waals surface area contributed by atoms with Crippen molar-refractivity contribution < 1.29 is 19.1 Å². The summed E-state index contributed by atoms with van der Waals surface area (Å²) in [5.74, 6) is 0.0327. The Kier molecular flexibility index (Phi) is 4.77. The maximum Gasteiger partial charge on any atom is 0.309 e. The number of benzene rings is 1. The van der Waals surface area contributed by atoms with E-state index < -0.39 is 5.97 Å². The first-order chi connectivity index (χ1) is 10.4. The molecule has 0 saturated heterocycles. The molecular weight excluding hydrogens is 304 g/mol. The van der Waals surface area contributed by atoms with Crippen LogP contribution in [0, 0.1) is 6.92 Å². The van der Waals surface area contributed by atoms with Gasteiger partial charge < -0.3 is 9.47 Å². The van der Waals surface area contributed by atoms with Gasteiger partial charge in [0, 0.05) is 13.8 Å². The summed E-state index contributed by atoms with van der Waals surface area (Å²) in [7, 11) is 1.55. The summed E-state index contributed by atoms with van der Waals surface area (Å²) in [6, 6.07) is 7.22. The number of rotatable bonds is 3. The van der Waals surface area contributed by atoms with E-state index in [-0.39, 0.29) is 11.8 Å². The number of carbonyl (C=O) groups is 2. The molecule has 7 heteroatoms. The highest BCUT2D eigenvalue weighted by Crippen LogP contribution is 2.27. The third-order valence-corrected chi connectivity index (χ3v) is 3.73. The van der Waals surface area contributed by atoms with E-state index in [1.165, 1.54) is 29.8 Å². The van der Waals surface area contributed by atoms with Gasteiger partial charge in [-0.3, -0.25) is 9.59 Å². The number of methoxy groups -OCH3 is 1. The van der Waals surface area contributed by atoms with E-state index >= 15 is 0 Å². The molecule has 2 rings (SSSR count). The first-order valence-corrected chi connectivity index (χ1v) is 7.35. The van der Waals surface area contributed by atoms with Crippen LogP contribution in [0.1, 0.15) is 23.5 Å². The molecule has 0 unspecified atom stereocenters. The Labute approximate surface area is 131 Å². The number of aryl methyl sites for hydroxylation is 1. The van der Waals surface area contributed by atoms with Crippen molar-refractivity contribution in [3.8, 4) is 11.6 Å². The summed E-state index contributed by atoms with van der Waals surface area (Å²) in [5, 5.41) is 0. The molecule has 1 aromatic carbocycles. The van der Waals surface area contributed by atoms with E-state index in [1.807, 2.05) is 12.1 Å². The Morgan fingerprint density at radius 1 is 1.23 bits per heavy atom. The summed E-state index contributed by atoms with van der Waals surface area (Å²) < 4.78 is 11.7. The molecule has 116 valence electrons. The van der Waals surface area contributed by atoms with Crippen molar-refractivity contribution in [1.82, 2.24) is 4.57 Å². The Hall–Kier alpha value is -2.41. The Morgan fingerprint density at radius 2 is 1.91 bits per heavy atom. The average Bonchev–Trinajstić information content (AvgIpc) is 2.75. The molecule has 0 saturated carbocycles. The van der Waals surface area contributed by atoms with Crippen LogP contribution in [0.4, 0.5) is 5.69 Å². The predicted octanol–water partition coefficient (Wildman–Crippen LogP) is 2.68. The minimum atomic E-state index is -0.486. The molecule has 1 aromatic heterocycles. The molecule has 0 aliphatic rings. The van der Waals surface area contributed by atoms with Crippen molar-refractivity contribution in [3.63, 3.8) is 0 Å². The minimum Gasteiger partial charge on any atom is -0.494 e. The lowest BCUT2D eigenvalue weighted by Crippen LogP contribution is -2.22. The zero-order valence-electron chi connectivity index (χ0n) is 12.7. The smallest absolute Gasteiger partial charge is 0.309 e. The van der Waals surface area contributed by atoms with Gasteiger partial charge in [-0.25, -0.2) is 9.56 Å². The van der Waals surface area contributed by atoms with Gasteiger partial charge in [0.05, 0.1) is 12.0 Å². The van der Waals surface area contributed by atoms with Crippen molar-refractivity contribution >= 4 is 28.9 Å². The Bertz CT molecular complexity index is 789. The number of aromatic nitrogens is 1. The van der Waals surface area contributed by atoms with Crippen LogP contribution in [0.2, 0.25) is 0 Å². The number of thiazole rings is 1. The summed E-state index contributed by atoms with van der Waals surface area (Å²) in [6.45, 7) is 4.45. The first kappa shape index (κ1) is 16.0. The SMILES string of the molecule is COc1ccccc1N=c1sc(C)c(OC(C)=O)n1C(C)=O. The summed E-state index contributed by atoms with van der Waals surface area (Å²) in [4.78, 5) is 28.7. The number of hydrogen-bond donors (Lipinski definition) is 0. The average molecular weight is 320 g/mol. The molecule has 0 aliphatic carbocycles. The van der Waals surface area contributed by atoms with Crippen molar-refractivity contribution in [2.75, 3.05) is 7.11 Å². The number of esters is 1. The maximum absolute atomic E-state index is 11.9. The topological polar surface area (TPSA) is 69.9 Å². The van der Waals surface area contributed by atoms with Crippen LogP contribution in [0.5, 0.6) is 11.6 Å². The molecule has 1 heterocycles. The molecular formula is C15H16N2O4S. The van der Waals surface area contributed by atoms with E-state index in [0.29, 0.717) is 21.1 Å². The van der Waals surface area contributed by atoms with Gasteiger partial charge in [0.25, 0.3) is 0 Å². The number of ether oxygens (including phenoxy) is 2. The van der Waals surface area contributed by atoms with Gasteiger partial charge in [-0.15, -0.1) is 0 Å². The molecule has 0 N–H and O–H groups in total. The minimum absolute atomic E-state index is 0.207. The fourth-order valence-electron chi connectivity index (χ4n) is 1.90. The lowest BCUT2D eigenvalue weighted by atomic mass is 10.3. The van der Waals surface area contributed by atoms with Crippen LogP contribution < -0.4 is 14.3 Å². The van der Waals surface area contributed by atoms with Crippen LogP contribution in [-0.2, 0) is 4.79 Å². The van der Waals surface area contributed by atoms with Gasteiger partial charge in [-0.2, -0.15) is 0 Å². The van der Waals surface area contributed by atoms with Gasteiger partial charge in [0.2, 0.25) is 11.8 Å². The molecule has 0 aliphatic heterocycles. The molecule has 0 atom stereocenters. The highest BCUT2D eigenvalue weighted by molar-refractivity contribution is 7.09. The Morgan fingerprint density at radius 3 is 2.50 bits per heavy atom. The van der Waals surface area contributed by atoms with Gasteiger partial charge in [0.1, 0.15) is 11.4 Å². The third-order valence-electron chi connectivity index (χ3n) is 2.80. The molecule has 2 aromatic rings. The van der Waals surface area contributed by atoms with Crippen molar-refractivity contribution in [2.24, 2.45) is 4.99 Å². The van der Waals surface area contributed by atoms with Crippen molar-refractivity contribution in [1.29, 1.82) is 0 Å². The highest BCUT2D eigenvalue weighted by atomic mass is 32.1. The quantitative estimate of drug-likeness (QED) is 0.815. The van der Waals surface area contributed by atoms with E-state index in [2.05, 4.69) is 4.99 Å². The van der Waals surface area contributed by atoms with E-state index in [1.54, 1.807) is 26.2 Å². The lowest BCUT2D eigenvalue weighted by molar-refractivity contribution is -0.132. The number of carbonyl (C=O) groups excluding carboxylic acids is 2. The maximum atomic E-state index is 11.9. The zero-order chi connectivity index (χ0) is 16.3. The largest absolute Gasteiger partial charge is 0.494 e. The highest BCUT2D eigenvalue weighted by Gasteiger charge is 2.17. The lowest BCUT2D eigenvalue weighted by Gasteiger charge is -2.05. The molecule has 6 nitrogen and oxygen atoms in total. The molecule has 0 fully saturated rings. The summed E-state index contributed by atoms with van der Waals surface area (Å²) in [6.07, 6.45) is 0. The monoisotopic (exact) mass is 320 g/mol. The van der Waals surface area contributed by atoms with Gasteiger partial charge in [-0.05, 0) is 19.1 Å². The van der Waals surface area contributed by atoms with Crippen LogP contribution in [0.15, 0.2) is 29.3 Å². The predicted molar refractivity (Wildman–Crippen MR) is 82.9 cm³/mol. The fourth-order valence-corrected chi connectivity index (χ4v) is 2.84. The molecule has 0 amide bonds. The van der Waals surface area contributed by atoms with Crippen LogP contribution >= 0.6 is 11.3 Å². The van der Waals surface area contributed by atoms with Crippen LogP contribution in [0.25, 0.3) is 0 Å². The second-order valence-electron chi connectivity index (χ2n) is 4.48. The first-order valence-electron chi connectivity index (χ1n) is 6.53. The van der Waals surface area contributed by atoms with E-state index in [9.17, 15) is 9.59 Å². The molecule has 0 spiro atoms. The van der Waals surface area contributed by atoms with Crippen molar-refractivity contribution in [3.05, 3.63) is 33.9 Å². The van der Waals surface area contributed by atoms with Crippen LogP contribution in [0.3, 0.4) is 0 Å². The van der Waals surface area contributed by atoms with Crippen LogP contribution in [-0.4, -0.2) is 23.6 Å². The second kappa shape index (κ2) is 6.57. The zero-order valence-corrected chi connectivity index (χ0v) is 13.6. The van der Waals surface area contributed by atoms with Crippen molar-refractivity contribution in [2.45, 2.75) is 20.8 Å². The molecule has 0 radical (unpaired) electrons. The Balaban J connectivity index is 2.67. The number of para-hydroxylation sites is 2. The fraction of sp³-hybridized carbons (Fsp3) is 0.267. The molecule has 22 heavy (non-hydrogen) atoms. The van der Waals surface area contributed by atoms with Gasteiger partial charge >= 0.3 is 5.97 Å². The summed E-state index contributed by atoms with van der Waals surface area (Å²) in [5.41, 5.74) is 0.593. The number of nitrogens with zero attached hydrogens (tertiary/aromatic N) is 2. The van der Waals surface area contributed by atoms with Gasteiger partial charge in [0.15, 0.2) is 4.80 Å². The standard InChI is InChI=1S/C15H16N2O4S/c1-9-14(21-11(3)19)17(10(2)18)15(22-9)16-12-7-5-6-8-13(12)20-4/h5-8H,1-4H3. The third kappa shape index (κ3) is 3.25. The second-order valence-corrected chi connectivity index (χ2v) is 5.66. The molecule has 0 bridgehead atoms. The normalized spacial score (nSPS) is 11.4. The van der Waals surface area contributed by atoms with E-state index in [4.69, 9.17) is 9.47 Å². The van der Waals surface area contributed by atoms with Gasteiger partial charge in [-0.1, -0.05) is 23.5 Å².